The smallest absolute Gasteiger partial charge is 0.164 e. The fraction of sp³-hybridized carbons (Fsp3) is 0.625. The van der Waals surface area contributed by atoms with Crippen LogP contribution in [0.2, 0.25) is 0 Å². The largest absolute Gasteiger partial charge is 0.391 e. The fourth-order valence-electron chi connectivity index (χ4n) is 3.52. The molecule has 0 spiro atoms. The lowest BCUT2D eigenvalue weighted by atomic mass is 10.1. The van der Waals surface area contributed by atoms with Crippen molar-refractivity contribution in [3.63, 3.8) is 0 Å². The van der Waals surface area contributed by atoms with Gasteiger partial charge in [0.1, 0.15) is 30.3 Å². The molecule has 0 radical (unpaired) electrons. The molecule has 23 heavy (non-hydrogen) atoms. The van der Waals surface area contributed by atoms with E-state index in [-0.39, 0.29) is 12.2 Å². The molecule has 5 atom stereocenters. The van der Waals surface area contributed by atoms with E-state index < -0.39 is 24.2 Å². The Morgan fingerprint density at radius 1 is 1.26 bits per heavy atom. The number of aliphatic hydroxyl groups is 1. The Balaban J connectivity index is 1.77. The Morgan fingerprint density at radius 2 is 2.00 bits per heavy atom. The summed E-state index contributed by atoms with van der Waals surface area (Å²) < 4.78 is 20.0. The summed E-state index contributed by atoms with van der Waals surface area (Å²) in [5.74, 6) is -0.696. The number of aromatic nitrogens is 3. The Hall–Kier alpha value is -1.54. The molecule has 2 aliphatic rings. The highest BCUT2D eigenvalue weighted by Crippen LogP contribution is 2.44. The zero-order chi connectivity index (χ0) is 16.4. The minimum absolute atomic E-state index is 0.296. The zero-order valence-corrected chi connectivity index (χ0v) is 13.6. The molecule has 0 aliphatic carbocycles. The molecule has 124 valence electrons. The van der Waals surface area contributed by atoms with Crippen LogP contribution in [-0.4, -0.2) is 49.8 Å². The van der Waals surface area contributed by atoms with Crippen molar-refractivity contribution in [2.45, 2.75) is 64.1 Å². The van der Waals surface area contributed by atoms with Crippen LogP contribution in [0.4, 0.5) is 0 Å². The molecule has 2 aromatic heterocycles. The molecule has 1 N–H and O–H groups in total. The highest BCUT2D eigenvalue weighted by molar-refractivity contribution is 5.78. The van der Waals surface area contributed by atoms with Crippen LogP contribution in [0.1, 0.15) is 32.7 Å². The van der Waals surface area contributed by atoms with Gasteiger partial charge in [0.2, 0.25) is 0 Å². The lowest BCUT2D eigenvalue weighted by molar-refractivity contribution is -0.205. The molecule has 0 bridgehead atoms. The zero-order valence-electron chi connectivity index (χ0n) is 13.6. The van der Waals surface area contributed by atoms with Crippen LogP contribution in [0.5, 0.6) is 0 Å². The molecule has 7 nitrogen and oxygen atoms in total. The summed E-state index contributed by atoms with van der Waals surface area (Å²) >= 11 is 0. The summed E-state index contributed by atoms with van der Waals surface area (Å²) in [5, 5.41) is 11.0. The van der Waals surface area contributed by atoms with Crippen LogP contribution in [-0.2, 0) is 14.2 Å². The third kappa shape index (κ3) is 2.27. The van der Waals surface area contributed by atoms with E-state index >= 15 is 0 Å². The number of aryl methyl sites for hydroxylation is 1. The standard InChI is InChI=1S/C16H21N3O4/c1-8-10-5-6-19(14(10)18-7-17-8)15-13-12(11(21-15)9(2)20)22-16(3,4)23-13/h5-7,9,11-13,15,20H,1-4H3/t9?,11-,12+,13+,15+/m0/s1. The Bertz CT molecular complexity index is 742. The predicted molar refractivity (Wildman–Crippen MR) is 81.7 cm³/mol. The number of rotatable bonds is 2. The van der Waals surface area contributed by atoms with Gasteiger partial charge >= 0.3 is 0 Å². The summed E-state index contributed by atoms with van der Waals surface area (Å²) in [6.07, 6.45) is 1.38. The van der Waals surface area contributed by atoms with E-state index in [0.29, 0.717) is 0 Å². The SMILES string of the molecule is Cc1ncnc2c1ccn2[C@@H]1O[C@@H](C(C)O)[C@H]2OC(C)(C)O[C@H]21. The van der Waals surface area contributed by atoms with Gasteiger partial charge in [0.25, 0.3) is 0 Å². The second-order valence-electron chi connectivity index (χ2n) is 6.72. The molecule has 2 aliphatic heterocycles. The molecule has 4 rings (SSSR count). The second kappa shape index (κ2) is 4.98. The van der Waals surface area contributed by atoms with Crippen molar-refractivity contribution < 1.29 is 19.3 Å². The Kier molecular flexibility index (Phi) is 3.25. The molecule has 2 saturated heterocycles. The van der Waals surface area contributed by atoms with Crippen LogP contribution in [0.15, 0.2) is 18.6 Å². The van der Waals surface area contributed by atoms with E-state index in [9.17, 15) is 5.11 Å². The lowest BCUT2D eigenvalue weighted by Crippen LogP contribution is -2.36. The second-order valence-corrected chi connectivity index (χ2v) is 6.72. The van der Waals surface area contributed by atoms with E-state index in [1.807, 2.05) is 37.6 Å². The number of fused-ring (bicyclic) bond motifs is 2. The van der Waals surface area contributed by atoms with Gasteiger partial charge in [-0.3, -0.25) is 0 Å². The molecule has 7 heteroatoms. The van der Waals surface area contributed by atoms with Crippen LogP contribution in [0, 0.1) is 6.92 Å². The van der Waals surface area contributed by atoms with Crippen molar-refractivity contribution in [3.05, 3.63) is 24.3 Å². The first-order valence-electron chi connectivity index (χ1n) is 7.85. The number of ether oxygens (including phenoxy) is 3. The van der Waals surface area contributed by atoms with Crippen LogP contribution in [0.25, 0.3) is 11.0 Å². The Morgan fingerprint density at radius 3 is 2.74 bits per heavy atom. The molecule has 2 aromatic rings. The normalized spacial score (nSPS) is 34.0. The van der Waals surface area contributed by atoms with Crippen LogP contribution < -0.4 is 0 Å². The molecule has 2 fully saturated rings. The topological polar surface area (TPSA) is 78.6 Å². The van der Waals surface area contributed by atoms with Crippen LogP contribution in [0.3, 0.4) is 0 Å². The summed E-state index contributed by atoms with van der Waals surface area (Å²) in [6, 6.07) is 1.97. The summed E-state index contributed by atoms with van der Waals surface area (Å²) in [5.41, 5.74) is 1.71. The van der Waals surface area contributed by atoms with Crippen molar-refractivity contribution in [3.8, 4) is 0 Å². The molecule has 4 heterocycles. The van der Waals surface area contributed by atoms with Crippen molar-refractivity contribution in [1.82, 2.24) is 14.5 Å². The average Bonchev–Trinajstić information content (AvgIpc) is 3.09. The molecule has 0 aromatic carbocycles. The maximum absolute atomic E-state index is 10.0. The van der Waals surface area contributed by atoms with Crippen molar-refractivity contribution in [1.29, 1.82) is 0 Å². The first-order valence-corrected chi connectivity index (χ1v) is 7.85. The summed E-state index contributed by atoms with van der Waals surface area (Å²) in [6.45, 7) is 7.41. The number of hydrogen-bond acceptors (Lipinski definition) is 6. The lowest BCUT2D eigenvalue weighted by Gasteiger charge is -2.26. The number of hydrogen-bond donors (Lipinski definition) is 1. The molecule has 0 amide bonds. The minimum atomic E-state index is -0.696. The maximum atomic E-state index is 10.0. The van der Waals surface area contributed by atoms with Gasteiger partial charge in [0.15, 0.2) is 12.0 Å². The van der Waals surface area contributed by atoms with Gasteiger partial charge in [0.05, 0.1) is 11.8 Å². The van der Waals surface area contributed by atoms with E-state index in [2.05, 4.69) is 9.97 Å². The van der Waals surface area contributed by atoms with E-state index in [1.165, 1.54) is 0 Å². The minimum Gasteiger partial charge on any atom is -0.391 e. The maximum Gasteiger partial charge on any atom is 0.164 e. The average molecular weight is 319 g/mol. The fourth-order valence-corrected chi connectivity index (χ4v) is 3.52. The summed E-state index contributed by atoms with van der Waals surface area (Å²) in [7, 11) is 0. The van der Waals surface area contributed by atoms with Gasteiger partial charge in [-0.2, -0.15) is 0 Å². The molecule has 0 saturated carbocycles. The van der Waals surface area contributed by atoms with Gasteiger partial charge in [-0.1, -0.05) is 0 Å². The number of aliphatic hydroxyl groups excluding tert-OH is 1. The van der Waals surface area contributed by atoms with Crippen molar-refractivity contribution in [2.24, 2.45) is 0 Å². The van der Waals surface area contributed by atoms with Gasteiger partial charge in [0, 0.05) is 11.6 Å². The molecule has 1 unspecified atom stereocenters. The monoisotopic (exact) mass is 319 g/mol. The van der Waals surface area contributed by atoms with Gasteiger partial charge in [-0.05, 0) is 33.8 Å². The third-order valence-electron chi connectivity index (χ3n) is 4.52. The first kappa shape index (κ1) is 15.0. The van der Waals surface area contributed by atoms with Crippen molar-refractivity contribution in [2.75, 3.05) is 0 Å². The quantitative estimate of drug-likeness (QED) is 0.904. The van der Waals surface area contributed by atoms with E-state index in [0.717, 1.165) is 16.7 Å². The van der Waals surface area contributed by atoms with E-state index in [1.54, 1.807) is 13.3 Å². The van der Waals surface area contributed by atoms with Gasteiger partial charge in [-0.25, -0.2) is 9.97 Å². The van der Waals surface area contributed by atoms with Crippen LogP contribution >= 0.6 is 0 Å². The number of nitrogens with zero attached hydrogens (tertiary/aromatic N) is 3. The molecular formula is C16H21N3O4. The van der Waals surface area contributed by atoms with Crippen molar-refractivity contribution >= 4 is 11.0 Å². The third-order valence-corrected chi connectivity index (χ3v) is 4.52. The Labute approximate surface area is 134 Å². The first-order chi connectivity index (χ1) is 10.9. The van der Waals surface area contributed by atoms with Gasteiger partial charge in [-0.15, -0.1) is 0 Å². The highest BCUT2D eigenvalue weighted by Gasteiger charge is 2.57. The highest BCUT2D eigenvalue weighted by atomic mass is 16.8. The van der Waals surface area contributed by atoms with Gasteiger partial charge < -0.3 is 23.9 Å². The summed E-state index contributed by atoms with van der Waals surface area (Å²) in [4.78, 5) is 8.60. The van der Waals surface area contributed by atoms with E-state index in [4.69, 9.17) is 14.2 Å². The molecular weight excluding hydrogens is 298 g/mol. The predicted octanol–water partition coefficient (Wildman–Crippen LogP) is 1.54.